The summed E-state index contributed by atoms with van der Waals surface area (Å²) >= 11 is 0. The molecule has 0 aliphatic carbocycles. The molecule has 11 heteroatoms. The zero-order valence-electron chi connectivity index (χ0n) is 14.4. The molecule has 0 saturated carbocycles. The standard InChI is InChI=1S/C14H23N3O6S2/c1-12(18)16-13-4-6-14(7-5-13)25(21,22)15-8-9-17(10-11-23-2)24(3,19)20/h4-7,15H,8-11H2,1-3H3,(H,16,18). The minimum Gasteiger partial charge on any atom is -0.383 e. The van der Waals surface area contributed by atoms with Crippen LogP contribution in [0.3, 0.4) is 0 Å². The average molecular weight is 393 g/mol. The van der Waals surface area contributed by atoms with E-state index in [0.29, 0.717) is 5.69 Å². The van der Waals surface area contributed by atoms with Crippen LogP contribution in [0.15, 0.2) is 29.2 Å². The first-order valence-electron chi connectivity index (χ1n) is 7.37. The maximum atomic E-state index is 12.2. The lowest BCUT2D eigenvalue weighted by Gasteiger charge is -2.19. The normalized spacial score (nSPS) is 12.3. The van der Waals surface area contributed by atoms with Crippen molar-refractivity contribution >= 4 is 31.6 Å². The quantitative estimate of drug-likeness (QED) is 0.569. The highest BCUT2D eigenvalue weighted by molar-refractivity contribution is 7.89. The number of nitrogens with zero attached hydrogens (tertiary/aromatic N) is 1. The molecule has 0 bridgehead atoms. The Morgan fingerprint density at radius 1 is 1.12 bits per heavy atom. The summed E-state index contributed by atoms with van der Waals surface area (Å²) in [7, 11) is -5.79. The molecule has 0 aliphatic heterocycles. The minimum absolute atomic E-state index is 0.00853. The van der Waals surface area contributed by atoms with Crippen LogP contribution in [0.1, 0.15) is 6.92 Å². The van der Waals surface area contributed by atoms with E-state index in [1.54, 1.807) is 0 Å². The molecule has 9 nitrogen and oxygen atoms in total. The number of benzene rings is 1. The van der Waals surface area contributed by atoms with Crippen LogP contribution in [0.2, 0.25) is 0 Å². The van der Waals surface area contributed by atoms with E-state index in [2.05, 4.69) is 10.0 Å². The van der Waals surface area contributed by atoms with Crippen molar-refractivity contribution in [2.24, 2.45) is 0 Å². The summed E-state index contributed by atoms with van der Waals surface area (Å²) in [6.07, 6.45) is 1.05. The Morgan fingerprint density at radius 3 is 2.20 bits per heavy atom. The molecule has 1 amide bonds. The van der Waals surface area contributed by atoms with Gasteiger partial charge in [-0.2, -0.15) is 4.31 Å². The van der Waals surface area contributed by atoms with Crippen LogP contribution in [-0.4, -0.2) is 66.7 Å². The van der Waals surface area contributed by atoms with Crippen molar-refractivity contribution in [3.05, 3.63) is 24.3 Å². The Morgan fingerprint density at radius 2 is 1.72 bits per heavy atom. The molecule has 25 heavy (non-hydrogen) atoms. The molecular weight excluding hydrogens is 370 g/mol. The number of anilines is 1. The van der Waals surface area contributed by atoms with E-state index in [0.717, 1.165) is 10.6 Å². The third-order valence-electron chi connectivity index (χ3n) is 3.15. The predicted octanol–water partition coefficient (Wildman–Crippen LogP) is -0.169. The fraction of sp³-hybridized carbons (Fsp3) is 0.500. The van der Waals surface area contributed by atoms with Crippen LogP contribution in [0.4, 0.5) is 5.69 Å². The second-order valence-corrected chi connectivity index (χ2v) is 9.01. The number of sulfonamides is 2. The van der Waals surface area contributed by atoms with Gasteiger partial charge in [0.1, 0.15) is 0 Å². The van der Waals surface area contributed by atoms with Gasteiger partial charge in [-0.3, -0.25) is 4.79 Å². The SMILES string of the molecule is COCCN(CCNS(=O)(=O)c1ccc(NC(C)=O)cc1)S(C)(=O)=O. The first-order chi connectivity index (χ1) is 11.6. The molecule has 0 atom stereocenters. The Balaban J connectivity index is 2.69. The van der Waals surface area contributed by atoms with Gasteiger partial charge in [-0.15, -0.1) is 0 Å². The van der Waals surface area contributed by atoms with E-state index in [9.17, 15) is 21.6 Å². The number of amides is 1. The molecule has 0 radical (unpaired) electrons. The van der Waals surface area contributed by atoms with Gasteiger partial charge in [0.05, 0.1) is 17.8 Å². The first-order valence-corrected chi connectivity index (χ1v) is 10.7. The highest BCUT2D eigenvalue weighted by atomic mass is 32.2. The number of methoxy groups -OCH3 is 1. The van der Waals surface area contributed by atoms with E-state index >= 15 is 0 Å². The zero-order valence-corrected chi connectivity index (χ0v) is 16.0. The van der Waals surface area contributed by atoms with E-state index in [1.807, 2.05) is 0 Å². The smallest absolute Gasteiger partial charge is 0.240 e. The van der Waals surface area contributed by atoms with Gasteiger partial charge in [-0.1, -0.05) is 0 Å². The number of hydrogen-bond donors (Lipinski definition) is 2. The summed E-state index contributed by atoms with van der Waals surface area (Å²) in [6.45, 7) is 1.62. The van der Waals surface area contributed by atoms with E-state index in [1.165, 1.54) is 38.3 Å². The van der Waals surface area contributed by atoms with Crippen LogP contribution >= 0.6 is 0 Å². The van der Waals surface area contributed by atoms with Crippen LogP contribution in [0, 0.1) is 0 Å². The molecular formula is C14H23N3O6S2. The monoisotopic (exact) mass is 393 g/mol. The fourth-order valence-electron chi connectivity index (χ4n) is 1.95. The van der Waals surface area contributed by atoms with Gasteiger partial charge < -0.3 is 10.1 Å². The highest BCUT2D eigenvalue weighted by Gasteiger charge is 2.18. The van der Waals surface area contributed by atoms with Crippen molar-refractivity contribution in [3.63, 3.8) is 0 Å². The fourth-order valence-corrected chi connectivity index (χ4v) is 3.80. The van der Waals surface area contributed by atoms with Crippen LogP contribution in [0.5, 0.6) is 0 Å². The molecule has 0 aliphatic rings. The second kappa shape index (κ2) is 9.25. The summed E-state index contributed by atoms with van der Waals surface area (Å²) in [5, 5.41) is 2.54. The molecule has 0 unspecified atom stereocenters. The molecule has 1 aromatic rings. The summed E-state index contributed by atoms with van der Waals surface area (Å²) < 4.78 is 56.1. The van der Waals surface area contributed by atoms with Crippen LogP contribution in [-0.2, 0) is 29.6 Å². The van der Waals surface area contributed by atoms with E-state index < -0.39 is 20.0 Å². The predicted molar refractivity (Wildman–Crippen MR) is 94.2 cm³/mol. The Kier molecular flexibility index (Phi) is 7.96. The molecule has 1 rings (SSSR count). The van der Waals surface area contributed by atoms with Gasteiger partial charge in [0, 0.05) is 39.4 Å². The van der Waals surface area contributed by atoms with Crippen molar-refractivity contribution < 1.29 is 26.4 Å². The van der Waals surface area contributed by atoms with Gasteiger partial charge in [0.15, 0.2) is 0 Å². The molecule has 0 aromatic heterocycles. The number of hydrogen-bond acceptors (Lipinski definition) is 6. The van der Waals surface area contributed by atoms with Crippen molar-refractivity contribution in [2.75, 3.05) is 44.9 Å². The largest absolute Gasteiger partial charge is 0.383 e. The molecule has 142 valence electrons. The summed E-state index contributed by atoms with van der Waals surface area (Å²) in [5.41, 5.74) is 0.481. The number of ether oxygens (including phenoxy) is 1. The average Bonchev–Trinajstić information content (AvgIpc) is 2.49. The van der Waals surface area contributed by atoms with Gasteiger partial charge >= 0.3 is 0 Å². The lowest BCUT2D eigenvalue weighted by Crippen LogP contribution is -2.39. The summed E-state index contributed by atoms with van der Waals surface area (Å²) in [5.74, 6) is -0.259. The second-order valence-electron chi connectivity index (χ2n) is 5.26. The van der Waals surface area contributed by atoms with Gasteiger partial charge in [-0.05, 0) is 24.3 Å². The molecule has 0 spiro atoms. The Labute approximate surface area is 148 Å². The van der Waals surface area contributed by atoms with Crippen molar-refractivity contribution in [2.45, 2.75) is 11.8 Å². The number of nitrogens with one attached hydrogen (secondary N) is 2. The van der Waals surface area contributed by atoms with Gasteiger partial charge in [-0.25, -0.2) is 21.6 Å². The van der Waals surface area contributed by atoms with E-state index in [4.69, 9.17) is 4.74 Å². The van der Waals surface area contributed by atoms with Crippen molar-refractivity contribution in [1.29, 1.82) is 0 Å². The summed E-state index contributed by atoms with van der Waals surface area (Å²) in [4.78, 5) is 11.0. The molecule has 0 fully saturated rings. The number of rotatable bonds is 10. The molecule has 0 heterocycles. The maximum absolute atomic E-state index is 12.2. The highest BCUT2D eigenvalue weighted by Crippen LogP contribution is 2.13. The first kappa shape index (κ1) is 21.5. The molecule has 1 aromatic carbocycles. The Bertz CT molecular complexity index is 775. The lowest BCUT2D eigenvalue weighted by atomic mass is 10.3. The minimum atomic E-state index is -3.78. The van der Waals surface area contributed by atoms with E-state index in [-0.39, 0.29) is 37.0 Å². The summed E-state index contributed by atoms with van der Waals surface area (Å²) in [6, 6.07) is 5.65. The molecule has 0 saturated heterocycles. The third-order valence-corrected chi connectivity index (χ3v) is 5.93. The zero-order chi connectivity index (χ0) is 19.1. The molecule has 2 N–H and O–H groups in total. The number of carbonyl (C=O) groups excluding carboxylic acids is 1. The van der Waals surface area contributed by atoms with Crippen molar-refractivity contribution in [3.8, 4) is 0 Å². The van der Waals surface area contributed by atoms with Crippen LogP contribution < -0.4 is 10.0 Å². The third kappa shape index (κ3) is 7.48. The van der Waals surface area contributed by atoms with Crippen molar-refractivity contribution in [1.82, 2.24) is 9.03 Å². The topological polar surface area (TPSA) is 122 Å². The van der Waals surface area contributed by atoms with Crippen LogP contribution in [0.25, 0.3) is 0 Å². The van der Waals surface area contributed by atoms with Gasteiger partial charge in [0.2, 0.25) is 26.0 Å². The maximum Gasteiger partial charge on any atom is 0.240 e. The lowest BCUT2D eigenvalue weighted by molar-refractivity contribution is -0.114. The Hall–Kier alpha value is -1.53. The van der Waals surface area contributed by atoms with Gasteiger partial charge in [0.25, 0.3) is 0 Å². The number of carbonyl (C=O) groups is 1.